The fraction of sp³-hybridized carbons (Fsp3) is 0.611. The second-order valence-corrected chi connectivity index (χ2v) is 8.42. The normalized spacial score (nSPS) is 18.4. The van der Waals surface area contributed by atoms with Crippen LogP contribution in [0.1, 0.15) is 42.7 Å². The Morgan fingerprint density at radius 3 is 3.00 bits per heavy atom. The number of oxazole rings is 1. The Balaban J connectivity index is 1.33. The summed E-state index contributed by atoms with van der Waals surface area (Å²) in [5.74, 6) is 4.58. The maximum Gasteiger partial charge on any atom is 0.267 e. The van der Waals surface area contributed by atoms with Gasteiger partial charge in [-0.1, -0.05) is 13.8 Å². The molecule has 1 fully saturated rings. The summed E-state index contributed by atoms with van der Waals surface area (Å²) in [6.07, 6.45) is 2.80. The van der Waals surface area contributed by atoms with Gasteiger partial charge in [0.1, 0.15) is 5.76 Å². The van der Waals surface area contributed by atoms with Crippen LogP contribution in [0.25, 0.3) is 0 Å². The molecule has 2 aromatic rings. The lowest BCUT2D eigenvalue weighted by molar-refractivity contribution is 0.0674. The van der Waals surface area contributed by atoms with E-state index in [1.165, 1.54) is 0 Å². The Hall–Kier alpha value is -1.60. The molecular weight excluding hydrogens is 336 g/mol. The summed E-state index contributed by atoms with van der Waals surface area (Å²) in [7, 11) is 0. The van der Waals surface area contributed by atoms with Gasteiger partial charge in [-0.15, -0.1) is 0 Å². The first-order valence-electron chi connectivity index (χ1n) is 8.93. The summed E-state index contributed by atoms with van der Waals surface area (Å²) in [5, 5.41) is 4.61. The zero-order chi connectivity index (χ0) is 17.4. The van der Waals surface area contributed by atoms with E-state index >= 15 is 0 Å². The number of thioether (sulfide) groups is 1. The minimum Gasteiger partial charge on any atom is -0.444 e. The number of likely N-dealkylation sites (tertiary alicyclic amines) is 1. The van der Waals surface area contributed by atoms with Crippen LogP contribution in [-0.2, 0) is 25.3 Å². The van der Waals surface area contributed by atoms with Gasteiger partial charge in [0.25, 0.3) is 5.56 Å². The molecule has 0 aliphatic carbocycles. The van der Waals surface area contributed by atoms with Crippen LogP contribution in [0.3, 0.4) is 0 Å². The first-order valence-corrected chi connectivity index (χ1v) is 10.1. The number of hydrogen-bond acceptors (Lipinski definition) is 6. The first-order chi connectivity index (χ1) is 12.1. The molecule has 2 aromatic heterocycles. The number of hydrogen-bond donors (Lipinski definition) is 0. The summed E-state index contributed by atoms with van der Waals surface area (Å²) in [6.45, 7) is 7.57. The second-order valence-electron chi connectivity index (χ2n) is 7.31. The molecule has 0 N–H and O–H groups in total. The molecule has 2 aliphatic rings. The first kappa shape index (κ1) is 16.8. The van der Waals surface area contributed by atoms with Crippen molar-refractivity contribution >= 4 is 11.8 Å². The Morgan fingerprint density at radius 2 is 2.24 bits per heavy atom. The fourth-order valence-corrected chi connectivity index (χ4v) is 4.36. The maximum atomic E-state index is 12.3. The topological polar surface area (TPSA) is 64.2 Å². The van der Waals surface area contributed by atoms with E-state index in [0.717, 1.165) is 60.5 Å². The molecule has 0 unspecified atom stereocenters. The van der Waals surface area contributed by atoms with Crippen molar-refractivity contribution in [2.75, 3.05) is 18.8 Å². The van der Waals surface area contributed by atoms with Gasteiger partial charge < -0.3 is 4.42 Å². The van der Waals surface area contributed by atoms with Gasteiger partial charge >= 0.3 is 0 Å². The molecule has 0 spiro atoms. The van der Waals surface area contributed by atoms with Gasteiger partial charge in [0, 0.05) is 43.2 Å². The maximum absolute atomic E-state index is 12.3. The summed E-state index contributed by atoms with van der Waals surface area (Å²) >= 11 is 1.88. The van der Waals surface area contributed by atoms with Gasteiger partial charge in [-0.2, -0.15) is 16.9 Å². The molecule has 0 saturated carbocycles. The Morgan fingerprint density at radius 1 is 1.40 bits per heavy atom. The van der Waals surface area contributed by atoms with E-state index in [2.05, 4.69) is 28.8 Å². The predicted molar refractivity (Wildman–Crippen MR) is 97.7 cm³/mol. The Bertz CT molecular complexity index is 808. The predicted octanol–water partition coefficient (Wildman–Crippen LogP) is 2.28. The minimum absolute atomic E-state index is 0.0361. The molecule has 0 amide bonds. The van der Waals surface area contributed by atoms with Crippen LogP contribution in [0.15, 0.2) is 21.5 Å². The van der Waals surface area contributed by atoms with Crippen molar-refractivity contribution in [2.45, 2.75) is 45.0 Å². The lowest BCUT2D eigenvalue weighted by atomic mass is 10.0. The third-order valence-electron chi connectivity index (χ3n) is 4.87. The zero-order valence-corrected chi connectivity index (χ0v) is 15.6. The standard InChI is InChI=1S/C18H24N4O2S/c1-12(2)16-6-19-17(24-16)10-21-7-13(8-21)9-22-18(23)5-14-11-25-4-3-15(14)20-22/h5-6,12-13H,3-4,7-11H2,1-2H3. The van der Waals surface area contributed by atoms with Crippen LogP contribution in [0.5, 0.6) is 0 Å². The van der Waals surface area contributed by atoms with Crippen molar-refractivity contribution < 1.29 is 4.42 Å². The van der Waals surface area contributed by atoms with Crippen LogP contribution < -0.4 is 5.56 Å². The Kier molecular flexibility index (Phi) is 4.69. The lowest BCUT2D eigenvalue weighted by Gasteiger charge is -2.38. The average molecular weight is 360 g/mol. The molecule has 7 heteroatoms. The highest BCUT2D eigenvalue weighted by molar-refractivity contribution is 7.98. The SMILES string of the molecule is CC(C)c1cnc(CN2CC(Cn3nc4c(cc3=O)CSCC4)C2)o1. The molecule has 2 aliphatic heterocycles. The summed E-state index contributed by atoms with van der Waals surface area (Å²) < 4.78 is 7.43. The van der Waals surface area contributed by atoms with Crippen molar-refractivity contribution in [3.63, 3.8) is 0 Å². The van der Waals surface area contributed by atoms with Crippen molar-refractivity contribution in [3.8, 4) is 0 Å². The van der Waals surface area contributed by atoms with E-state index in [1.54, 1.807) is 10.7 Å². The van der Waals surface area contributed by atoms with Crippen LogP contribution in [0.4, 0.5) is 0 Å². The quantitative estimate of drug-likeness (QED) is 0.815. The third-order valence-corrected chi connectivity index (χ3v) is 5.88. The molecule has 0 bridgehead atoms. The van der Waals surface area contributed by atoms with E-state index in [-0.39, 0.29) is 5.56 Å². The van der Waals surface area contributed by atoms with E-state index in [4.69, 9.17) is 4.42 Å². The monoisotopic (exact) mass is 360 g/mol. The van der Waals surface area contributed by atoms with Crippen LogP contribution in [0.2, 0.25) is 0 Å². The number of fused-ring (bicyclic) bond motifs is 1. The fourth-order valence-electron chi connectivity index (χ4n) is 3.41. The molecule has 134 valence electrons. The van der Waals surface area contributed by atoms with Gasteiger partial charge in [0.05, 0.1) is 25.0 Å². The second kappa shape index (κ2) is 6.96. The molecule has 1 saturated heterocycles. The van der Waals surface area contributed by atoms with Gasteiger partial charge in [-0.25, -0.2) is 9.67 Å². The Labute approximate surface area is 151 Å². The molecule has 25 heavy (non-hydrogen) atoms. The van der Waals surface area contributed by atoms with Gasteiger partial charge in [0.2, 0.25) is 5.89 Å². The van der Waals surface area contributed by atoms with E-state index in [9.17, 15) is 4.79 Å². The minimum atomic E-state index is 0.0361. The largest absolute Gasteiger partial charge is 0.444 e. The summed E-state index contributed by atoms with van der Waals surface area (Å²) in [6, 6.07) is 1.78. The molecule has 4 rings (SSSR count). The molecule has 0 aromatic carbocycles. The summed E-state index contributed by atoms with van der Waals surface area (Å²) in [4.78, 5) is 18.9. The lowest BCUT2D eigenvalue weighted by Crippen LogP contribution is -2.49. The van der Waals surface area contributed by atoms with Crippen LogP contribution >= 0.6 is 11.8 Å². The highest BCUT2D eigenvalue weighted by Gasteiger charge is 2.29. The molecule has 0 radical (unpaired) electrons. The van der Waals surface area contributed by atoms with Crippen LogP contribution in [0, 0.1) is 5.92 Å². The average Bonchev–Trinajstić information content (AvgIpc) is 3.02. The zero-order valence-electron chi connectivity index (χ0n) is 14.8. The highest BCUT2D eigenvalue weighted by atomic mass is 32.2. The van der Waals surface area contributed by atoms with Crippen LogP contribution in [-0.4, -0.2) is 38.5 Å². The third kappa shape index (κ3) is 3.67. The summed E-state index contributed by atoms with van der Waals surface area (Å²) in [5.41, 5.74) is 2.27. The van der Waals surface area contributed by atoms with Gasteiger partial charge in [-0.05, 0) is 11.3 Å². The number of aryl methyl sites for hydroxylation is 1. The van der Waals surface area contributed by atoms with E-state index < -0.39 is 0 Å². The van der Waals surface area contributed by atoms with Gasteiger partial charge in [-0.3, -0.25) is 9.69 Å². The van der Waals surface area contributed by atoms with Gasteiger partial charge in [0.15, 0.2) is 0 Å². The van der Waals surface area contributed by atoms with E-state index in [1.807, 2.05) is 18.0 Å². The number of nitrogens with zero attached hydrogens (tertiary/aromatic N) is 4. The smallest absolute Gasteiger partial charge is 0.267 e. The number of rotatable bonds is 5. The van der Waals surface area contributed by atoms with Crippen molar-refractivity contribution in [2.24, 2.45) is 5.92 Å². The molecule has 0 atom stereocenters. The van der Waals surface area contributed by atoms with Crippen molar-refractivity contribution in [1.29, 1.82) is 0 Å². The molecular formula is C18H24N4O2S. The van der Waals surface area contributed by atoms with Crippen molar-refractivity contribution in [3.05, 3.63) is 45.5 Å². The molecule has 4 heterocycles. The van der Waals surface area contributed by atoms with Crippen molar-refractivity contribution in [1.82, 2.24) is 19.7 Å². The molecule has 6 nitrogen and oxygen atoms in total. The highest BCUT2D eigenvalue weighted by Crippen LogP contribution is 2.23. The van der Waals surface area contributed by atoms with E-state index in [0.29, 0.717) is 18.4 Å². The number of aromatic nitrogens is 3.